The van der Waals surface area contributed by atoms with Crippen LogP contribution in [0.3, 0.4) is 0 Å². The summed E-state index contributed by atoms with van der Waals surface area (Å²) in [6.07, 6.45) is 6.40. The van der Waals surface area contributed by atoms with E-state index in [1.165, 1.54) is 32.1 Å². The molecule has 1 saturated carbocycles. The first-order valence-corrected chi connectivity index (χ1v) is 9.94. The van der Waals surface area contributed by atoms with Gasteiger partial charge in [0.1, 0.15) is 5.75 Å². The van der Waals surface area contributed by atoms with Crippen molar-refractivity contribution in [2.45, 2.75) is 77.5 Å². The average molecular weight is 363 g/mol. The summed E-state index contributed by atoms with van der Waals surface area (Å²) < 4.78 is 11.4. The van der Waals surface area contributed by atoms with E-state index in [0.29, 0.717) is 18.2 Å². The lowest BCUT2D eigenvalue weighted by molar-refractivity contribution is -0.132. The minimum atomic E-state index is -0.646. The van der Waals surface area contributed by atoms with Gasteiger partial charge in [-0.05, 0) is 45.2 Å². The molecule has 1 unspecified atom stereocenters. The predicted molar refractivity (Wildman–Crippen MR) is 105 cm³/mol. The van der Waals surface area contributed by atoms with Crippen LogP contribution >= 0.6 is 0 Å². The molecule has 1 fully saturated rings. The first-order chi connectivity index (χ1) is 12.5. The molecule has 0 spiro atoms. The number of nitrogens with one attached hydrogen (secondary N) is 1. The third-order valence-electron chi connectivity index (χ3n) is 4.81. The largest absolute Gasteiger partial charge is 0.494 e. The second-order valence-corrected chi connectivity index (χ2v) is 7.46. The fourth-order valence-corrected chi connectivity index (χ4v) is 3.63. The van der Waals surface area contributed by atoms with E-state index in [9.17, 15) is 4.79 Å². The number of carbonyl (C=O) groups excluding carboxylic acids is 1. The van der Waals surface area contributed by atoms with Crippen LogP contribution in [0.1, 0.15) is 59.3 Å². The number of nitrogens with two attached hydrogens (primary N) is 1. The minimum absolute atomic E-state index is 0.0575. The van der Waals surface area contributed by atoms with E-state index in [4.69, 9.17) is 15.2 Å². The SMILES string of the molecule is CCOc1cccc(NC(=O)C(OC(C)C)[C@H](N)CC2CCCCC2)c1. The van der Waals surface area contributed by atoms with E-state index >= 15 is 0 Å². The molecular weight excluding hydrogens is 328 g/mol. The Morgan fingerprint density at radius 3 is 2.65 bits per heavy atom. The van der Waals surface area contributed by atoms with Crippen LogP contribution in [-0.2, 0) is 9.53 Å². The van der Waals surface area contributed by atoms with Crippen molar-refractivity contribution < 1.29 is 14.3 Å². The van der Waals surface area contributed by atoms with Crippen molar-refractivity contribution in [1.29, 1.82) is 0 Å². The minimum Gasteiger partial charge on any atom is -0.494 e. The molecule has 1 aliphatic carbocycles. The summed E-state index contributed by atoms with van der Waals surface area (Å²) >= 11 is 0. The summed E-state index contributed by atoms with van der Waals surface area (Å²) in [5.74, 6) is 1.15. The highest BCUT2D eigenvalue weighted by molar-refractivity contribution is 5.94. The molecular formula is C21H34N2O3. The van der Waals surface area contributed by atoms with E-state index in [0.717, 1.165) is 12.2 Å². The van der Waals surface area contributed by atoms with Crippen molar-refractivity contribution in [3.8, 4) is 5.75 Å². The topological polar surface area (TPSA) is 73.6 Å². The predicted octanol–water partition coefficient (Wildman–Crippen LogP) is 4.12. The van der Waals surface area contributed by atoms with Gasteiger partial charge in [-0.1, -0.05) is 38.2 Å². The fraction of sp³-hybridized carbons (Fsp3) is 0.667. The van der Waals surface area contributed by atoms with Crippen molar-refractivity contribution in [1.82, 2.24) is 0 Å². The van der Waals surface area contributed by atoms with Crippen molar-refractivity contribution in [3.63, 3.8) is 0 Å². The van der Waals surface area contributed by atoms with Crippen LogP contribution in [0.2, 0.25) is 0 Å². The lowest BCUT2D eigenvalue weighted by atomic mass is 9.84. The van der Waals surface area contributed by atoms with Crippen molar-refractivity contribution >= 4 is 11.6 Å². The molecule has 0 bridgehead atoms. The van der Waals surface area contributed by atoms with E-state index < -0.39 is 6.10 Å². The van der Waals surface area contributed by atoms with Gasteiger partial charge in [0.05, 0.1) is 12.7 Å². The number of benzene rings is 1. The Labute approximate surface area is 157 Å². The Kier molecular flexibility index (Phi) is 8.39. The summed E-state index contributed by atoms with van der Waals surface area (Å²) in [6.45, 7) is 6.39. The Hall–Kier alpha value is -1.59. The Bertz CT molecular complexity index is 556. The van der Waals surface area contributed by atoms with Crippen molar-refractivity contribution in [2.24, 2.45) is 11.7 Å². The van der Waals surface area contributed by atoms with Crippen molar-refractivity contribution in [3.05, 3.63) is 24.3 Å². The molecule has 2 rings (SSSR count). The van der Waals surface area contributed by atoms with E-state index in [1.807, 2.05) is 45.0 Å². The number of anilines is 1. The van der Waals surface area contributed by atoms with Crippen LogP contribution < -0.4 is 15.8 Å². The maximum absolute atomic E-state index is 12.8. The van der Waals surface area contributed by atoms with Gasteiger partial charge in [-0.15, -0.1) is 0 Å². The van der Waals surface area contributed by atoms with Crippen LogP contribution in [0.4, 0.5) is 5.69 Å². The summed E-state index contributed by atoms with van der Waals surface area (Å²) in [5, 5.41) is 2.94. The molecule has 0 aliphatic heterocycles. The number of amides is 1. The molecule has 26 heavy (non-hydrogen) atoms. The summed E-state index contributed by atoms with van der Waals surface area (Å²) in [6, 6.07) is 7.10. The molecule has 146 valence electrons. The van der Waals surface area contributed by atoms with E-state index in [2.05, 4.69) is 5.32 Å². The molecule has 0 heterocycles. The van der Waals surface area contributed by atoms with Crippen LogP contribution in [-0.4, -0.2) is 30.8 Å². The van der Waals surface area contributed by atoms with E-state index in [1.54, 1.807) is 0 Å². The van der Waals surface area contributed by atoms with Crippen LogP contribution in [0.25, 0.3) is 0 Å². The maximum Gasteiger partial charge on any atom is 0.255 e. The Morgan fingerprint density at radius 2 is 2.00 bits per heavy atom. The number of rotatable bonds is 9. The summed E-state index contributed by atoms with van der Waals surface area (Å²) in [7, 11) is 0. The van der Waals surface area contributed by atoms with Gasteiger partial charge in [-0.25, -0.2) is 0 Å². The molecule has 1 aromatic carbocycles. The zero-order chi connectivity index (χ0) is 18.9. The monoisotopic (exact) mass is 362 g/mol. The number of ether oxygens (including phenoxy) is 2. The third kappa shape index (κ3) is 6.61. The number of hydrogen-bond donors (Lipinski definition) is 2. The summed E-state index contributed by atoms with van der Waals surface area (Å²) in [5.41, 5.74) is 7.12. The fourth-order valence-electron chi connectivity index (χ4n) is 3.63. The normalized spacial score (nSPS) is 17.7. The first-order valence-electron chi connectivity index (χ1n) is 9.94. The number of carbonyl (C=O) groups is 1. The standard InChI is InChI=1S/C21H34N2O3/c1-4-25-18-12-8-11-17(14-18)23-21(24)20(26-15(2)3)19(22)13-16-9-6-5-7-10-16/h8,11-12,14-16,19-20H,4-7,9-10,13,22H2,1-3H3,(H,23,24)/t19-,20?/m1/s1. The quantitative estimate of drug-likeness (QED) is 0.693. The van der Waals surface area contributed by atoms with Gasteiger partial charge in [0.15, 0.2) is 6.10 Å². The zero-order valence-corrected chi connectivity index (χ0v) is 16.4. The van der Waals surface area contributed by atoms with Gasteiger partial charge in [-0.2, -0.15) is 0 Å². The average Bonchev–Trinajstić information content (AvgIpc) is 2.61. The molecule has 2 atom stereocenters. The molecule has 0 radical (unpaired) electrons. The van der Waals surface area contributed by atoms with Crippen LogP contribution in [0, 0.1) is 5.92 Å². The van der Waals surface area contributed by atoms with E-state index in [-0.39, 0.29) is 18.1 Å². The lowest BCUT2D eigenvalue weighted by Gasteiger charge is -2.30. The lowest BCUT2D eigenvalue weighted by Crippen LogP contribution is -2.47. The number of hydrogen-bond acceptors (Lipinski definition) is 4. The smallest absolute Gasteiger partial charge is 0.255 e. The molecule has 0 aromatic heterocycles. The van der Waals surface area contributed by atoms with Gasteiger partial charge in [-0.3, -0.25) is 4.79 Å². The molecule has 1 aromatic rings. The van der Waals surface area contributed by atoms with Gasteiger partial charge in [0, 0.05) is 17.8 Å². The van der Waals surface area contributed by atoms with Gasteiger partial charge in [0.25, 0.3) is 5.91 Å². The first kappa shape index (κ1) is 20.7. The second kappa shape index (κ2) is 10.5. The Morgan fingerprint density at radius 1 is 1.27 bits per heavy atom. The summed E-state index contributed by atoms with van der Waals surface area (Å²) in [4.78, 5) is 12.8. The Balaban J connectivity index is 2.01. The molecule has 1 amide bonds. The van der Waals surface area contributed by atoms with Crippen LogP contribution in [0.5, 0.6) is 5.75 Å². The second-order valence-electron chi connectivity index (χ2n) is 7.46. The molecule has 3 N–H and O–H groups in total. The third-order valence-corrected chi connectivity index (χ3v) is 4.81. The zero-order valence-electron chi connectivity index (χ0n) is 16.4. The van der Waals surface area contributed by atoms with Gasteiger partial charge >= 0.3 is 0 Å². The van der Waals surface area contributed by atoms with Gasteiger partial charge in [0.2, 0.25) is 0 Å². The van der Waals surface area contributed by atoms with Crippen LogP contribution in [0.15, 0.2) is 24.3 Å². The highest BCUT2D eigenvalue weighted by Crippen LogP contribution is 2.28. The molecule has 5 heteroatoms. The van der Waals surface area contributed by atoms with Gasteiger partial charge < -0.3 is 20.5 Å². The highest BCUT2D eigenvalue weighted by atomic mass is 16.5. The maximum atomic E-state index is 12.8. The molecule has 1 aliphatic rings. The molecule has 0 saturated heterocycles. The highest BCUT2D eigenvalue weighted by Gasteiger charge is 2.30. The molecule has 5 nitrogen and oxygen atoms in total. The van der Waals surface area contributed by atoms with Crippen molar-refractivity contribution in [2.75, 3.05) is 11.9 Å².